The topological polar surface area (TPSA) is 75.1 Å². The summed E-state index contributed by atoms with van der Waals surface area (Å²) in [5.74, 6) is -0.213. The summed E-state index contributed by atoms with van der Waals surface area (Å²) in [7, 11) is 0. The van der Waals surface area contributed by atoms with Crippen molar-refractivity contribution in [2.24, 2.45) is 0 Å². The number of carbonyl (C=O) groups is 1. The molecule has 1 fully saturated rings. The third-order valence-corrected chi connectivity index (χ3v) is 7.53. The van der Waals surface area contributed by atoms with Gasteiger partial charge in [0, 0.05) is 10.9 Å². The van der Waals surface area contributed by atoms with E-state index in [1.165, 1.54) is 5.56 Å². The van der Waals surface area contributed by atoms with Gasteiger partial charge in [-0.3, -0.25) is 4.79 Å². The smallest absolute Gasteiger partial charge is 0.270 e. The Bertz CT molecular complexity index is 1230. The van der Waals surface area contributed by atoms with Gasteiger partial charge < -0.3 is 10.4 Å². The zero-order valence-corrected chi connectivity index (χ0v) is 18.8. The van der Waals surface area contributed by atoms with E-state index in [4.69, 9.17) is 0 Å². The number of nitrogens with one attached hydrogen (secondary N) is 1. The summed E-state index contributed by atoms with van der Waals surface area (Å²) >= 11 is 3.30. The molecule has 3 heterocycles. The van der Waals surface area contributed by atoms with Crippen molar-refractivity contribution >= 4 is 38.8 Å². The highest BCUT2D eigenvalue weighted by Crippen LogP contribution is 2.28. The molecule has 5 nitrogen and oxygen atoms in total. The SMILES string of the molecule is Cc1nc(-c2ccc(Cc3cc(C(=O)N[C@@H]4CCC[C@H]4O)nc4ccsc34)cc2)cs1. The molecule has 5 rings (SSSR count). The van der Waals surface area contributed by atoms with Crippen molar-refractivity contribution in [1.29, 1.82) is 0 Å². The number of nitrogens with zero attached hydrogens (tertiary/aromatic N) is 2. The molecule has 2 N–H and O–H groups in total. The number of aromatic nitrogens is 2. The highest BCUT2D eigenvalue weighted by Gasteiger charge is 2.27. The summed E-state index contributed by atoms with van der Waals surface area (Å²) in [6.07, 6.45) is 2.75. The molecule has 1 aliphatic rings. The molecule has 158 valence electrons. The van der Waals surface area contributed by atoms with Gasteiger partial charge in [-0.05, 0) is 61.2 Å². The van der Waals surface area contributed by atoms with E-state index in [-0.39, 0.29) is 11.9 Å². The van der Waals surface area contributed by atoms with E-state index in [9.17, 15) is 9.90 Å². The lowest BCUT2D eigenvalue weighted by atomic mass is 10.0. The van der Waals surface area contributed by atoms with Crippen LogP contribution in [0.2, 0.25) is 0 Å². The molecule has 1 aromatic carbocycles. The maximum absolute atomic E-state index is 12.8. The number of aliphatic hydroxyl groups is 1. The number of hydrogen-bond donors (Lipinski definition) is 2. The van der Waals surface area contributed by atoms with Gasteiger partial charge in [-0.25, -0.2) is 9.97 Å². The molecule has 7 heteroatoms. The summed E-state index contributed by atoms with van der Waals surface area (Å²) in [5.41, 5.74) is 5.64. The van der Waals surface area contributed by atoms with E-state index < -0.39 is 6.10 Å². The largest absolute Gasteiger partial charge is 0.391 e. The summed E-state index contributed by atoms with van der Waals surface area (Å²) in [6.45, 7) is 2.01. The highest BCUT2D eigenvalue weighted by molar-refractivity contribution is 7.17. The van der Waals surface area contributed by atoms with Gasteiger partial charge in [-0.15, -0.1) is 22.7 Å². The minimum Gasteiger partial charge on any atom is -0.391 e. The summed E-state index contributed by atoms with van der Waals surface area (Å²) < 4.78 is 1.11. The number of aliphatic hydroxyl groups excluding tert-OH is 1. The summed E-state index contributed by atoms with van der Waals surface area (Å²) in [4.78, 5) is 22.0. The van der Waals surface area contributed by atoms with Gasteiger partial charge in [0.05, 0.1) is 33.1 Å². The average Bonchev–Trinajstić information content (AvgIpc) is 3.50. The van der Waals surface area contributed by atoms with E-state index in [2.05, 4.69) is 44.9 Å². The Hall–Kier alpha value is -2.61. The Morgan fingerprint density at radius 1 is 1.16 bits per heavy atom. The Morgan fingerprint density at radius 3 is 2.71 bits per heavy atom. The van der Waals surface area contributed by atoms with Gasteiger partial charge in [0.25, 0.3) is 5.91 Å². The fourth-order valence-electron chi connectivity index (χ4n) is 4.13. The molecule has 2 atom stereocenters. The molecular formula is C24H23N3O2S2. The lowest BCUT2D eigenvalue weighted by Gasteiger charge is -2.16. The average molecular weight is 450 g/mol. The van der Waals surface area contributed by atoms with Crippen molar-refractivity contribution < 1.29 is 9.90 Å². The van der Waals surface area contributed by atoms with Crippen molar-refractivity contribution in [1.82, 2.24) is 15.3 Å². The Labute approximate surface area is 188 Å². The standard InChI is InChI=1S/C24H23N3O2S2/c1-14-25-21(13-31-14)16-7-5-15(6-8-16)11-17-12-20(26-19-9-10-30-23(17)19)24(29)27-18-3-2-4-22(18)28/h5-10,12-13,18,22,28H,2-4,11H2,1H3,(H,27,29)/t18-,22-/m1/s1. The third kappa shape index (κ3) is 4.26. The van der Waals surface area contributed by atoms with E-state index in [1.54, 1.807) is 22.7 Å². The van der Waals surface area contributed by atoms with E-state index in [1.807, 2.05) is 24.4 Å². The normalized spacial score (nSPS) is 18.5. The summed E-state index contributed by atoms with van der Waals surface area (Å²) in [5, 5.41) is 18.2. The van der Waals surface area contributed by atoms with Crippen LogP contribution >= 0.6 is 22.7 Å². The molecule has 0 unspecified atom stereocenters. The van der Waals surface area contributed by atoms with E-state index in [0.29, 0.717) is 5.69 Å². The molecule has 1 saturated carbocycles. The second-order valence-corrected chi connectivity index (χ2v) is 9.98. The molecule has 3 aromatic heterocycles. The van der Waals surface area contributed by atoms with Crippen LogP contribution in [0.25, 0.3) is 21.5 Å². The van der Waals surface area contributed by atoms with Crippen LogP contribution < -0.4 is 5.32 Å². The van der Waals surface area contributed by atoms with Crippen LogP contribution in [-0.2, 0) is 6.42 Å². The van der Waals surface area contributed by atoms with Crippen LogP contribution in [0, 0.1) is 6.92 Å². The van der Waals surface area contributed by atoms with Crippen LogP contribution in [0.4, 0.5) is 0 Å². The van der Waals surface area contributed by atoms with E-state index >= 15 is 0 Å². The number of pyridine rings is 1. The second kappa shape index (κ2) is 8.49. The van der Waals surface area contributed by atoms with Gasteiger partial charge in [0.1, 0.15) is 5.69 Å². The molecule has 1 amide bonds. The first-order valence-electron chi connectivity index (χ1n) is 10.4. The van der Waals surface area contributed by atoms with Crippen molar-refractivity contribution in [2.75, 3.05) is 0 Å². The maximum atomic E-state index is 12.8. The first kappa shape index (κ1) is 20.3. The summed E-state index contributed by atoms with van der Waals surface area (Å²) in [6, 6.07) is 12.1. The molecule has 0 radical (unpaired) electrons. The molecule has 4 aromatic rings. The molecular weight excluding hydrogens is 426 g/mol. The number of thiophene rings is 1. The molecule has 0 spiro atoms. The first-order valence-corrected chi connectivity index (χ1v) is 12.2. The van der Waals surface area contributed by atoms with Crippen molar-refractivity contribution in [3.8, 4) is 11.3 Å². The van der Waals surface area contributed by atoms with Gasteiger partial charge in [-0.2, -0.15) is 0 Å². The number of benzene rings is 1. The number of carbonyl (C=O) groups excluding carboxylic acids is 1. The van der Waals surface area contributed by atoms with E-state index in [0.717, 1.165) is 57.7 Å². The third-order valence-electron chi connectivity index (χ3n) is 5.78. The Kier molecular flexibility index (Phi) is 5.56. The Morgan fingerprint density at radius 2 is 2.00 bits per heavy atom. The van der Waals surface area contributed by atoms with Gasteiger partial charge >= 0.3 is 0 Å². The molecule has 31 heavy (non-hydrogen) atoms. The minimum absolute atomic E-state index is 0.183. The van der Waals surface area contributed by atoms with Crippen LogP contribution in [0.5, 0.6) is 0 Å². The Balaban J connectivity index is 1.40. The van der Waals surface area contributed by atoms with Crippen LogP contribution in [-0.4, -0.2) is 33.1 Å². The lowest BCUT2D eigenvalue weighted by Crippen LogP contribution is -2.40. The van der Waals surface area contributed by atoms with Crippen LogP contribution in [0.3, 0.4) is 0 Å². The molecule has 0 bridgehead atoms. The fraction of sp³-hybridized carbons (Fsp3) is 0.292. The maximum Gasteiger partial charge on any atom is 0.270 e. The van der Waals surface area contributed by atoms with Gasteiger partial charge in [0.2, 0.25) is 0 Å². The monoisotopic (exact) mass is 449 g/mol. The first-order chi connectivity index (χ1) is 15.1. The predicted molar refractivity (Wildman–Crippen MR) is 126 cm³/mol. The number of rotatable bonds is 5. The zero-order valence-electron chi connectivity index (χ0n) is 17.2. The number of aryl methyl sites for hydroxylation is 1. The second-order valence-electron chi connectivity index (χ2n) is 8.01. The highest BCUT2D eigenvalue weighted by atomic mass is 32.1. The fourth-order valence-corrected chi connectivity index (χ4v) is 5.60. The quantitative estimate of drug-likeness (QED) is 0.451. The van der Waals surface area contributed by atoms with Gasteiger partial charge in [0.15, 0.2) is 0 Å². The van der Waals surface area contributed by atoms with Gasteiger partial charge in [-0.1, -0.05) is 24.3 Å². The lowest BCUT2D eigenvalue weighted by molar-refractivity contribution is 0.0868. The van der Waals surface area contributed by atoms with Crippen LogP contribution in [0.1, 0.15) is 45.9 Å². The number of amides is 1. The minimum atomic E-state index is -0.465. The molecule has 0 aliphatic heterocycles. The number of fused-ring (bicyclic) bond motifs is 1. The van der Waals surface area contributed by atoms with Crippen molar-refractivity contribution in [3.63, 3.8) is 0 Å². The molecule has 1 aliphatic carbocycles. The van der Waals surface area contributed by atoms with Crippen molar-refractivity contribution in [3.05, 3.63) is 69.0 Å². The number of hydrogen-bond acceptors (Lipinski definition) is 6. The zero-order chi connectivity index (χ0) is 21.4. The van der Waals surface area contributed by atoms with Crippen LogP contribution in [0.15, 0.2) is 47.2 Å². The van der Waals surface area contributed by atoms with Crippen molar-refractivity contribution in [2.45, 2.75) is 44.8 Å². The number of thiazole rings is 1. The molecule has 0 saturated heterocycles. The predicted octanol–water partition coefficient (Wildman–Crippen LogP) is 4.96.